The predicted octanol–water partition coefficient (Wildman–Crippen LogP) is 1.84. The molecule has 0 aliphatic heterocycles. The molecule has 106 valence electrons. The first-order valence-corrected chi connectivity index (χ1v) is 5.96. The van der Waals surface area contributed by atoms with E-state index in [4.69, 9.17) is 5.84 Å². The lowest BCUT2D eigenvalue weighted by Crippen LogP contribution is -2.17. The molecule has 0 amide bonds. The van der Waals surface area contributed by atoms with Crippen LogP contribution in [0.5, 0.6) is 0 Å². The SMILES string of the molecule is NNc1cc(-n2ccc(C3CC3)n2)nc(C(F)(F)F)n1. The maximum absolute atomic E-state index is 12.7. The number of hydrogen-bond acceptors (Lipinski definition) is 5. The maximum Gasteiger partial charge on any atom is 0.451 e. The Balaban J connectivity index is 2.02. The fourth-order valence-electron chi connectivity index (χ4n) is 1.81. The molecule has 0 unspecified atom stereocenters. The first-order valence-electron chi connectivity index (χ1n) is 5.96. The van der Waals surface area contributed by atoms with Crippen molar-refractivity contribution in [3.8, 4) is 5.82 Å². The monoisotopic (exact) mass is 284 g/mol. The summed E-state index contributed by atoms with van der Waals surface area (Å²) in [5.41, 5.74) is 2.96. The van der Waals surface area contributed by atoms with Crippen LogP contribution in [0.2, 0.25) is 0 Å². The van der Waals surface area contributed by atoms with Crippen LogP contribution in [-0.2, 0) is 6.18 Å². The van der Waals surface area contributed by atoms with Crippen molar-refractivity contribution in [1.29, 1.82) is 0 Å². The first kappa shape index (κ1) is 12.9. The van der Waals surface area contributed by atoms with Crippen molar-refractivity contribution in [3.05, 3.63) is 29.8 Å². The summed E-state index contributed by atoms with van der Waals surface area (Å²) in [6, 6.07) is 3.08. The van der Waals surface area contributed by atoms with Gasteiger partial charge in [0.2, 0.25) is 5.82 Å². The Morgan fingerprint density at radius 2 is 2.05 bits per heavy atom. The van der Waals surface area contributed by atoms with Crippen molar-refractivity contribution in [1.82, 2.24) is 19.7 Å². The molecule has 3 N–H and O–H groups in total. The lowest BCUT2D eigenvalue weighted by atomic mass is 10.3. The van der Waals surface area contributed by atoms with E-state index >= 15 is 0 Å². The van der Waals surface area contributed by atoms with Gasteiger partial charge in [0.05, 0.1) is 5.69 Å². The molecular formula is C11H11F3N6. The quantitative estimate of drug-likeness (QED) is 0.664. The van der Waals surface area contributed by atoms with Crippen LogP contribution in [0.1, 0.15) is 30.3 Å². The molecular weight excluding hydrogens is 273 g/mol. The second-order valence-corrected chi connectivity index (χ2v) is 4.54. The van der Waals surface area contributed by atoms with E-state index in [1.807, 2.05) is 0 Å². The number of halogens is 3. The number of nitrogens with two attached hydrogens (primary N) is 1. The number of nitrogens with one attached hydrogen (secondary N) is 1. The van der Waals surface area contributed by atoms with Gasteiger partial charge in [0.15, 0.2) is 5.82 Å². The number of rotatable bonds is 3. The van der Waals surface area contributed by atoms with Gasteiger partial charge in [-0.1, -0.05) is 0 Å². The van der Waals surface area contributed by atoms with Crippen molar-refractivity contribution < 1.29 is 13.2 Å². The Morgan fingerprint density at radius 1 is 1.30 bits per heavy atom. The molecule has 1 aliphatic rings. The second kappa shape index (κ2) is 4.44. The summed E-state index contributed by atoms with van der Waals surface area (Å²) in [6.07, 6.45) is -0.946. The number of anilines is 1. The minimum absolute atomic E-state index is 0.0205. The zero-order chi connectivity index (χ0) is 14.3. The van der Waals surface area contributed by atoms with Gasteiger partial charge in [0.25, 0.3) is 0 Å². The third kappa shape index (κ3) is 2.44. The van der Waals surface area contributed by atoms with Crippen molar-refractivity contribution in [3.63, 3.8) is 0 Å². The fourth-order valence-corrected chi connectivity index (χ4v) is 1.81. The molecule has 0 bridgehead atoms. The molecule has 6 nitrogen and oxygen atoms in total. The lowest BCUT2D eigenvalue weighted by molar-refractivity contribution is -0.144. The van der Waals surface area contributed by atoms with Crippen LogP contribution in [-0.4, -0.2) is 19.7 Å². The molecule has 20 heavy (non-hydrogen) atoms. The first-order chi connectivity index (χ1) is 9.47. The minimum Gasteiger partial charge on any atom is -0.308 e. The third-order valence-electron chi connectivity index (χ3n) is 2.95. The minimum atomic E-state index is -4.64. The number of alkyl halides is 3. The highest BCUT2D eigenvalue weighted by atomic mass is 19.4. The molecule has 3 rings (SSSR count). The highest BCUT2D eigenvalue weighted by molar-refractivity contribution is 5.40. The Kier molecular flexibility index (Phi) is 2.85. The van der Waals surface area contributed by atoms with E-state index < -0.39 is 12.0 Å². The van der Waals surface area contributed by atoms with E-state index in [1.54, 1.807) is 12.3 Å². The third-order valence-corrected chi connectivity index (χ3v) is 2.95. The van der Waals surface area contributed by atoms with E-state index in [-0.39, 0.29) is 11.6 Å². The molecule has 0 radical (unpaired) electrons. The summed E-state index contributed by atoms with van der Waals surface area (Å²) >= 11 is 0. The molecule has 2 aromatic rings. The van der Waals surface area contributed by atoms with Crippen LogP contribution in [0.3, 0.4) is 0 Å². The van der Waals surface area contributed by atoms with Crippen LogP contribution in [0, 0.1) is 0 Å². The van der Waals surface area contributed by atoms with E-state index in [1.165, 1.54) is 10.7 Å². The smallest absolute Gasteiger partial charge is 0.308 e. The molecule has 0 spiro atoms. The van der Waals surface area contributed by atoms with Gasteiger partial charge in [-0.3, -0.25) is 0 Å². The van der Waals surface area contributed by atoms with Crippen LogP contribution >= 0.6 is 0 Å². The summed E-state index contributed by atoms with van der Waals surface area (Å²) in [7, 11) is 0. The van der Waals surface area contributed by atoms with E-state index in [9.17, 15) is 13.2 Å². The van der Waals surface area contributed by atoms with Gasteiger partial charge in [-0.15, -0.1) is 0 Å². The molecule has 0 atom stereocenters. The molecule has 1 fully saturated rings. The van der Waals surface area contributed by atoms with Gasteiger partial charge in [-0.25, -0.2) is 20.5 Å². The van der Waals surface area contributed by atoms with E-state index in [0.717, 1.165) is 18.5 Å². The van der Waals surface area contributed by atoms with E-state index in [2.05, 4.69) is 20.5 Å². The number of nitrogen functional groups attached to an aromatic ring is 1. The van der Waals surface area contributed by atoms with Crippen LogP contribution < -0.4 is 11.3 Å². The molecule has 1 aliphatic carbocycles. The van der Waals surface area contributed by atoms with Gasteiger partial charge >= 0.3 is 6.18 Å². The molecule has 0 saturated heterocycles. The lowest BCUT2D eigenvalue weighted by Gasteiger charge is -2.09. The highest BCUT2D eigenvalue weighted by Crippen LogP contribution is 2.39. The van der Waals surface area contributed by atoms with Crippen molar-refractivity contribution in [2.24, 2.45) is 5.84 Å². The topological polar surface area (TPSA) is 81.6 Å². The van der Waals surface area contributed by atoms with E-state index in [0.29, 0.717) is 5.92 Å². The Hall–Kier alpha value is -2.16. The van der Waals surface area contributed by atoms with Crippen LogP contribution in [0.25, 0.3) is 5.82 Å². The average molecular weight is 284 g/mol. The van der Waals surface area contributed by atoms with Gasteiger partial charge < -0.3 is 5.43 Å². The van der Waals surface area contributed by atoms with Gasteiger partial charge in [-0.2, -0.15) is 18.3 Å². The van der Waals surface area contributed by atoms with Crippen LogP contribution in [0.15, 0.2) is 18.3 Å². The van der Waals surface area contributed by atoms with Crippen LogP contribution in [0.4, 0.5) is 19.0 Å². The number of hydrogen-bond donors (Lipinski definition) is 2. The molecule has 0 aromatic carbocycles. The summed E-state index contributed by atoms with van der Waals surface area (Å²) in [4.78, 5) is 6.77. The molecule has 1 saturated carbocycles. The van der Waals surface area contributed by atoms with Crippen molar-refractivity contribution in [2.75, 3.05) is 5.43 Å². The number of hydrazine groups is 1. The second-order valence-electron chi connectivity index (χ2n) is 4.54. The fraction of sp³-hybridized carbons (Fsp3) is 0.364. The zero-order valence-electron chi connectivity index (χ0n) is 10.2. The average Bonchev–Trinajstić information content (AvgIpc) is 3.15. The summed E-state index contributed by atoms with van der Waals surface area (Å²) in [5.74, 6) is 4.19. The Bertz CT molecular complexity index is 631. The predicted molar refractivity (Wildman–Crippen MR) is 63.9 cm³/mol. The van der Waals surface area contributed by atoms with Crippen molar-refractivity contribution in [2.45, 2.75) is 24.9 Å². The number of nitrogens with zero attached hydrogens (tertiary/aromatic N) is 4. The summed E-state index contributed by atoms with van der Waals surface area (Å²) < 4.78 is 39.5. The summed E-state index contributed by atoms with van der Waals surface area (Å²) in [6.45, 7) is 0. The Morgan fingerprint density at radius 3 is 2.65 bits per heavy atom. The highest BCUT2D eigenvalue weighted by Gasteiger charge is 2.35. The normalized spacial score (nSPS) is 15.4. The molecule has 2 heterocycles. The van der Waals surface area contributed by atoms with Gasteiger partial charge in [0, 0.05) is 18.2 Å². The molecule has 9 heteroatoms. The maximum atomic E-state index is 12.7. The van der Waals surface area contributed by atoms with Gasteiger partial charge in [0.1, 0.15) is 5.82 Å². The Labute approximate surface area is 111 Å². The standard InChI is InChI=1S/C11H11F3N6/c12-11(13,14)10-16-8(18-15)5-9(17-10)20-4-3-7(19-20)6-1-2-6/h3-6H,1-2,15H2,(H,16,17,18). The number of aromatic nitrogens is 4. The molecule has 2 aromatic heterocycles. The van der Waals surface area contributed by atoms with Crippen molar-refractivity contribution >= 4 is 5.82 Å². The summed E-state index contributed by atoms with van der Waals surface area (Å²) in [5, 5.41) is 4.23. The zero-order valence-corrected chi connectivity index (χ0v) is 10.2. The largest absolute Gasteiger partial charge is 0.451 e. The van der Waals surface area contributed by atoms with Gasteiger partial charge in [-0.05, 0) is 18.9 Å².